The van der Waals surface area contributed by atoms with E-state index in [2.05, 4.69) is 9.71 Å². The molecule has 1 heterocycles. The van der Waals surface area contributed by atoms with Gasteiger partial charge < -0.3 is 9.84 Å². The number of nitrogens with zero attached hydrogens (tertiary/aromatic N) is 1. The molecule has 0 saturated carbocycles. The van der Waals surface area contributed by atoms with Crippen LogP contribution in [-0.4, -0.2) is 38.1 Å². The summed E-state index contributed by atoms with van der Waals surface area (Å²) in [5, 5.41) is 8.42. The minimum absolute atomic E-state index is 0.0165. The maximum Gasteiger partial charge on any atom is 0.303 e. The van der Waals surface area contributed by atoms with E-state index in [4.69, 9.17) is 9.84 Å². The first-order valence-electron chi connectivity index (χ1n) is 5.16. The zero-order valence-electron chi connectivity index (χ0n) is 9.79. The average Bonchev–Trinajstić information content (AvgIpc) is 2.34. The monoisotopic (exact) mass is 274 g/mol. The molecule has 1 rings (SSSR count). The third-order valence-electron chi connectivity index (χ3n) is 2.09. The van der Waals surface area contributed by atoms with Gasteiger partial charge in [-0.3, -0.25) is 9.78 Å². The Hall–Kier alpha value is -1.67. The molecule has 0 unspecified atom stereocenters. The Balaban J connectivity index is 2.65. The average molecular weight is 274 g/mol. The molecule has 0 radical (unpaired) electrons. The van der Waals surface area contributed by atoms with Gasteiger partial charge in [0.05, 0.1) is 13.3 Å². The predicted molar refractivity (Wildman–Crippen MR) is 62.8 cm³/mol. The van der Waals surface area contributed by atoms with Gasteiger partial charge in [0.2, 0.25) is 10.0 Å². The Bertz CT molecular complexity index is 515. The minimum atomic E-state index is -3.68. The van der Waals surface area contributed by atoms with E-state index in [-0.39, 0.29) is 24.3 Å². The van der Waals surface area contributed by atoms with Crippen molar-refractivity contribution in [3.05, 3.63) is 18.5 Å². The molecule has 8 heteroatoms. The van der Waals surface area contributed by atoms with Crippen LogP contribution in [0.2, 0.25) is 0 Å². The van der Waals surface area contributed by atoms with E-state index in [1.165, 1.54) is 25.6 Å². The van der Waals surface area contributed by atoms with E-state index >= 15 is 0 Å². The molecule has 0 aromatic carbocycles. The summed E-state index contributed by atoms with van der Waals surface area (Å²) in [6, 6.07) is 1.34. The fourth-order valence-electron chi connectivity index (χ4n) is 1.19. The second-order valence-corrected chi connectivity index (χ2v) is 5.22. The van der Waals surface area contributed by atoms with Crippen molar-refractivity contribution in [2.45, 2.75) is 17.7 Å². The van der Waals surface area contributed by atoms with Gasteiger partial charge in [0, 0.05) is 25.2 Å². The largest absolute Gasteiger partial charge is 0.495 e. The van der Waals surface area contributed by atoms with E-state index in [0.29, 0.717) is 5.75 Å². The highest BCUT2D eigenvalue weighted by Gasteiger charge is 2.14. The lowest BCUT2D eigenvalue weighted by atomic mass is 10.3. The molecule has 0 bridgehead atoms. The van der Waals surface area contributed by atoms with E-state index in [1.807, 2.05) is 0 Å². The fraction of sp³-hybridized carbons (Fsp3) is 0.400. The maximum absolute atomic E-state index is 11.8. The standard InChI is InChI=1S/C10H14N2O5S/c1-17-8-5-9(7-11-6-8)18(15,16)12-4-2-3-10(13)14/h5-7,12H,2-4H2,1H3,(H,13,14). The van der Waals surface area contributed by atoms with Crippen molar-refractivity contribution in [3.8, 4) is 5.75 Å². The number of carboxylic acids is 1. The molecule has 0 saturated heterocycles. The predicted octanol–water partition coefficient (Wildman–Crippen LogP) is 0.233. The van der Waals surface area contributed by atoms with Crippen molar-refractivity contribution >= 4 is 16.0 Å². The summed E-state index contributed by atoms with van der Waals surface area (Å²) in [5.41, 5.74) is 0. The number of ether oxygens (including phenoxy) is 1. The number of aromatic nitrogens is 1. The van der Waals surface area contributed by atoms with Crippen LogP contribution in [0.4, 0.5) is 0 Å². The molecular weight excluding hydrogens is 260 g/mol. The van der Waals surface area contributed by atoms with Crippen LogP contribution in [0.25, 0.3) is 0 Å². The maximum atomic E-state index is 11.8. The lowest BCUT2D eigenvalue weighted by Gasteiger charge is -2.06. The van der Waals surface area contributed by atoms with Crippen molar-refractivity contribution in [2.75, 3.05) is 13.7 Å². The fourth-order valence-corrected chi connectivity index (χ4v) is 2.24. The highest BCUT2D eigenvalue weighted by Crippen LogP contribution is 2.14. The van der Waals surface area contributed by atoms with Crippen molar-refractivity contribution in [3.63, 3.8) is 0 Å². The molecule has 1 aromatic heterocycles. The van der Waals surface area contributed by atoms with E-state index < -0.39 is 16.0 Å². The first kappa shape index (κ1) is 14.4. The van der Waals surface area contributed by atoms with Crippen LogP contribution >= 0.6 is 0 Å². The summed E-state index contributed by atoms with van der Waals surface area (Å²) < 4.78 is 30.8. The number of rotatable bonds is 7. The number of aliphatic carboxylic acids is 1. The Kier molecular flexibility index (Phi) is 5.05. The summed E-state index contributed by atoms with van der Waals surface area (Å²) in [5.74, 6) is -0.624. The van der Waals surface area contributed by atoms with Crippen molar-refractivity contribution < 1.29 is 23.1 Å². The normalized spacial score (nSPS) is 11.2. The third-order valence-corrected chi connectivity index (χ3v) is 3.52. The molecule has 0 aliphatic carbocycles. The number of pyridine rings is 1. The molecule has 7 nitrogen and oxygen atoms in total. The Morgan fingerprint density at radius 2 is 2.22 bits per heavy atom. The van der Waals surface area contributed by atoms with Crippen molar-refractivity contribution in [2.24, 2.45) is 0 Å². The number of methoxy groups -OCH3 is 1. The SMILES string of the molecule is COc1cncc(S(=O)(=O)NCCCC(=O)O)c1. The summed E-state index contributed by atoms with van der Waals surface area (Å²) >= 11 is 0. The molecule has 2 N–H and O–H groups in total. The van der Waals surface area contributed by atoms with Crippen LogP contribution in [-0.2, 0) is 14.8 Å². The van der Waals surface area contributed by atoms with Gasteiger partial charge in [0.25, 0.3) is 0 Å². The van der Waals surface area contributed by atoms with Gasteiger partial charge in [-0.05, 0) is 6.42 Å². The van der Waals surface area contributed by atoms with Crippen LogP contribution in [0.3, 0.4) is 0 Å². The highest BCUT2D eigenvalue weighted by atomic mass is 32.2. The van der Waals surface area contributed by atoms with Gasteiger partial charge in [0.15, 0.2) is 0 Å². The van der Waals surface area contributed by atoms with Crippen LogP contribution < -0.4 is 9.46 Å². The molecule has 18 heavy (non-hydrogen) atoms. The first-order chi connectivity index (χ1) is 8.45. The van der Waals surface area contributed by atoms with Crippen molar-refractivity contribution in [1.29, 1.82) is 0 Å². The van der Waals surface area contributed by atoms with Crippen molar-refractivity contribution in [1.82, 2.24) is 9.71 Å². The lowest BCUT2D eigenvalue weighted by molar-refractivity contribution is -0.137. The van der Waals surface area contributed by atoms with Gasteiger partial charge >= 0.3 is 5.97 Å². The smallest absolute Gasteiger partial charge is 0.303 e. The zero-order valence-corrected chi connectivity index (χ0v) is 10.6. The molecule has 1 aromatic rings. The number of hydrogen-bond acceptors (Lipinski definition) is 5. The van der Waals surface area contributed by atoms with Gasteiger partial charge in [-0.1, -0.05) is 0 Å². The Morgan fingerprint density at radius 1 is 1.50 bits per heavy atom. The van der Waals surface area contributed by atoms with Gasteiger partial charge in [-0.25, -0.2) is 13.1 Å². The van der Waals surface area contributed by atoms with Crippen LogP contribution in [0.5, 0.6) is 5.75 Å². The molecule has 0 aliphatic rings. The molecule has 0 fully saturated rings. The third kappa shape index (κ3) is 4.30. The van der Waals surface area contributed by atoms with E-state index in [1.54, 1.807) is 0 Å². The molecule has 0 spiro atoms. The summed E-state index contributed by atoms with van der Waals surface area (Å²) in [7, 11) is -2.27. The molecule has 0 atom stereocenters. The molecular formula is C10H14N2O5S. The number of carbonyl (C=O) groups is 1. The van der Waals surface area contributed by atoms with Crippen LogP contribution in [0, 0.1) is 0 Å². The number of nitrogens with one attached hydrogen (secondary N) is 1. The lowest BCUT2D eigenvalue weighted by Crippen LogP contribution is -2.25. The molecule has 100 valence electrons. The second kappa shape index (κ2) is 6.31. The topological polar surface area (TPSA) is 106 Å². The number of hydrogen-bond donors (Lipinski definition) is 2. The zero-order chi connectivity index (χ0) is 13.6. The van der Waals surface area contributed by atoms with Gasteiger partial charge in [-0.15, -0.1) is 0 Å². The van der Waals surface area contributed by atoms with Crippen LogP contribution in [0.15, 0.2) is 23.4 Å². The van der Waals surface area contributed by atoms with Crippen LogP contribution in [0.1, 0.15) is 12.8 Å². The number of sulfonamides is 1. The van der Waals surface area contributed by atoms with E-state index in [0.717, 1.165) is 0 Å². The summed E-state index contributed by atoms with van der Waals surface area (Å²) in [6.07, 6.45) is 2.73. The Labute approximate surface area is 105 Å². The minimum Gasteiger partial charge on any atom is -0.495 e. The summed E-state index contributed by atoms with van der Waals surface area (Å²) in [6.45, 7) is 0.0614. The first-order valence-corrected chi connectivity index (χ1v) is 6.64. The quantitative estimate of drug-likeness (QED) is 0.690. The highest BCUT2D eigenvalue weighted by molar-refractivity contribution is 7.89. The number of carboxylic acid groups (broad SMARTS) is 1. The molecule has 0 aliphatic heterocycles. The summed E-state index contributed by atoms with van der Waals surface area (Å²) in [4.78, 5) is 14.0. The van der Waals surface area contributed by atoms with Gasteiger partial charge in [0.1, 0.15) is 10.6 Å². The molecule has 0 amide bonds. The van der Waals surface area contributed by atoms with E-state index in [9.17, 15) is 13.2 Å². The Morgan fingerprint density at radius 3 is 2.83 bits per heavy atom. The van der Waals surface area contributed by atoms with Gasteiger partial charge in [-0.2, -0.15) is 0 Å². The second-order valence-electron chi connectivity index (χ2n) is 3.46.